The van der Waals surface area contributed by atoms with Crippen molar-refractivity contribution in [2.75, 3.05) is 0 Å². The molecule has 0 atom stereocenters. The van der Waals surface area contributed by atoms with Crippen LogP contribution < -0.4 is 0 Å². The number of hydrogen-bond acceptors (Lipinski definition) is 2. The van der Waals surface area contributed by atoms with Crippen LogP contribution in [0.5, 0.6) is 0 Å². The number of nitrogens with zero attached hydrogens (tertiary/aromatic N) is 3. The van der Waals surface area contributed by atoms with Crippen LogP contribution >= 0.6 is 0 Å². The Kier molecular flexibility index (Phi) is 3.59. The maximum absolute atomic E-state index is 13.8. The van der Waals surface area contributed by atoms with Crippen LogP contribution in [0.15, 0.2) is 48.7 Å². The number of aromatic nitrogens is 3. The van der Waals surface area contributed by atoms with Gasteiger partial charge in [0.15, 0.2) is 11.5 Å². The minimum Gasteiger partial charge on any atom is -0.229 e. The van der Waals surface area contributed by atoms with Crippen molar-refractivity contribution in [1.82, 2.24) is 14.8 Å². The summed E-state index contributed by atoms with van der Waals surface area (Å²) < 4.78 is 65.4. The van der Waals surface area contributed by atoms with Crippen molar-refractivity contribution in [2.45, 2.75) is 6.18 Å². The van der Waals surface area contributed by atoms with Gasteiger partial charge in [-0.1, -0.05) is 6.07 Å². The normalized spacial score (nSPS) is 11.7. The molecule has 2 aromatic heterocycles. The van der Waals surface area contributed by atoms with Gasteiger partial charge in [0.1, 0.15) is 11.6 Å². The fourth-order valence-corrected chi connectivity index (χ4v) is 2.00. The Balaban J connectivity index is 2.01. The molecule has 0 aliphatic carbocycles. The molecule has 0 spiro atoms. The summed E-state index contributed by atoms with van der Waals surface area (Å²) in [5, 5.41) is 3.40. The lowest BCUT2D eigenvalue weighted by Crippen LogP contribution is -2.08. The van der Waals surface area contributed by atoms with Gasteiger partial charge in [-0.25, -0.2) is 18.4 Å². The van der Waals surface area contributed by atoms with E-state index in [-0.39, 0.29) is 17.1 Å². The third-order valence-electron chi connectivity index (χ3n) is 3.06. The Morgan fingerprint density at radius 2 is 1.74 bits per heavy atom. The van der Waals surface area contributed by atoms with E-state index in [9.17, 15) is 22.0 Å². The molecule has 0 unspecified atom stereocenters. The average molecular weight is 325 g/mol. The zero-order chi connectivity index (χ0) is 16.6. The predicted octanol–water partition coefficient (Wildman–Crippen LogP) is 4.23. The van der Waals surface area contributed by atoms with Gasteiger partial charge in [-0.2, -0.15) is 18.3 Å². The molecule has 3 aromatic rings. The summed E-state index contributed by atoms with van der Waals surface area (Å²) in [6, 6.07) is 8.19. The summed E-state index contributed by atoms with van der Waals surface area (Å²) in [5.74, 6) is -1.46. The fraction of sp³-hybridized carbons (Fsp3) is 0.0667. The van der Waals surface area contributed by atoms with E-state index in [1.807, 2.05) is 0 Å². The van der Waals surface area contributed by atoms with Gasteiger partial charge in [0.05, 0.1) is 5.69 Å². The van der Waals surface area contributed by atoms with E-state index in [0.717, 1.165) is 23.0 Å². The monoisotopic (exact) mass is 325 g/mol. The molecule has 3 rings (SSSR count). The maximum atomic E-state index is 13.8. The van der Waals surface area contributed by atoms with Crippen molar-refractivity contribution in [3.8, 4) is 17.1 Å². The summed E-state index contributed by atoms with van der Waals surface area (Å²) in [6.07, 6.45) is -3.46. The molecule has 0 bridgehead atoms. The van der Waals surface area contributed by atoms with Crippen LogP contribution in [-0.4, -0.2) is 14.8 Å². The molecule has 1 aromatic carbocycles. The standard InChI is InChI=1S/C15H8F5N3/c16-9-4-5-10(11(17)8-9)12-2-1-3-14(21-12)23-7-6-13(22-23)15(18,19)20/h1-8H. The quantitative estimate of drug-likeness (QED) is 0.660. The smallest absolute Gasteiger partial charge is 0.229 e. The van der Waals surface area contributed by atoms with Gasteiger partial charge in [0.2, 0.25) is 0 Å². The molecule has 0 aliphatic rings. The maximum Gasteiger partial charge on any atom is 0.435 e. The summed E-state index contributed by atoms with van der Waals surface area (Å²) in [4.78, 5) is 4.07. The third kappa shape index (κ3) is 3.05. The number of rotatable bonds is 2. The molecule has 3 nitrogen and oxygen atoms in total. The predicted molar refractivity (Wildman–Crippen MR) is 71.7 cm³/mol. The average Bonchev–Trinajstić information content (AvgIpc) is 2.97. The molecule has 23 heavy (non-hydrogen) atoms. The summed E-state index contributed by atoms with van der Waals surface area (Å²) in [5.41, 5.74) is -0.863. The topological polar surface area (TPSA) is 30.7 Å². The van der Waals surface area contributed by atoms with Gasteiger partial charge in [0.25, 0.3) is 0 Å². The van der Waals surface area contributed by atoms with Crippen LogP contribution in [0, 0.1) is 11.6 Å². The molecule has 0 aliphatic heterocycles. The van der Waals surface area contributed by atoms with E-state index >= 15 is 0 Å². The Morgan fingerprint density at radius 1 is 0.957 bits per heavy atom. The van der Waals surface area contributed by atoms with E-state index in [1.54, 1.807) is 0 Å². The van der Waals surface area contributed by atoms with Crippen molar-refractivity contribution in [1.29, 1.82) is 0 Å². The molecule has 0 amide bonds. The molecule has 0 N–H and O–H groups in total. The van der Waals surface area contributed by atoms with Gasteiger partial charge in [-0.05, 0) is 30.3 Å². The second-order valence-corrected chi connectivity index (χ2v) is 4.65. The van der Waals surface area contributed by atoms with Crippen molar-refractivity contribution in [3.63, 3.8) is 0 Å². The molecular weight excluding hydrogens is 317 g/mol. The second-order valence-electron chi connectivity index (χ2n) is 4.65. The van der Waals surface area contributed by atoms with Crippen LogP contribution in [0.1, 0.15) is 5.69 Å². The minimum atomic E-state index is -4.56. The molecular formula is C15H8F5N3. The van der Waals surface area contributed by atoms with Gasteiger partial charge in [-0.3, -0.25) is 0 Å². The van der Waals surface area contributed by atoms with E-state index in [1.165, 1.54) is 24.3 Å². The van der Waals surface area contributed by atoms with E-state index in [2.05, 4.69) is 10.1 Å². The first-order chi connectivity index (χ1) is 10.8. The zero-order valence-corrected chi connectivity index (χ0v) is 11.4. The minimum absolute atomic E-state index is 0.0384. The molecule has 0 radical (unpaired) electrons. The second kappa shape index (κ2) is 5.45. The number of hydrogen-bond donors (Lipinski definition) is 0. The third-order valence-corrected chi connectivity index (χ3v) is 3.06. The highest BCUT2D eigenvalue weighted by Crippen LogP contribution is 2.28. The van der Waals surface area contributed by atoms with Crippen LogP contribution in [0.4, 0.5) is 22.0 Å². The van der Waals surface area contributed by atoms with Crippen molar-refractivity contribution in [2.24, 2.45) is 0 Å². The number of alkyl halides is 3. The Bertz CT molecular complexity index is 854. The molecule has 118 valence electrons. The van der Waals surface area contributed by atoms with Gasteiger partial charge >= 0.3 is 6.18 Å². The van der Waals surface area contributed by atoms with Gasteiger partial charge in [0, 0.05) is 17.8 Å². The first-order valence-electron chi connectivity index (χ1n) is 6.40. The van der Waals surface area contributed by atoms with E-state index in [4.69, 9.17) is 0 Å². The summed E-state index contributed by atoms with van der Waals surface area (Å²) in [7, 11) is 0. The van der Waals surface area contributed by atoms with Gasteiger partial charge < -0.3 is 0 Å². The lowest BCUT2D eigenvalue weighted by atomic mass is 10.1. The van der Waals surface area contributed by atoms with E-state index in [0.29, 0.717) is 6.07 Å². The highest BCUT2D eigenvalue weighted by Gasteiger charge is 2.33. The number of halogens is 5. The van der Waals surface area contributed by atoms with Crippen LogP contribution in [0.2, 0.25) is 0 Å². The van der Waals surface area contributed by atoms with Crippen molar-refractivity contribution in [3.05, 3.63) is 66.0 Å². The lowest BCUT2D eigenvalue weighted by Gasteiger charge is -2.06. The molecule has 0 saturated carbocycles. The lowest BCUT2D eigenvalue weighted by molar-refractivity contribution is -0.141. The Hall–Kier alpha value is -2.77. The SMILES string of the molecule is Fc1ccc(-c2cccc(-n3ccc(C(F)(F)F)n3)n2)c(F)c1. The zero-order valence-electron chi connectivity index (χ0n) is 11.4. The molecule has 2 heterocycles. The van der Waals surface area contributed by atoms with Crippen molar-refractivity contribution < 1.29 is 22.0 Å². The Labute approximate surface area is 127 Å². The van der Waals surface area contributed by atoms with Crippen LogP contribution in [-0.2, 0) is 6.18 Å². The van der Waals surface area contributed by atoms with Gasteiger partial charge in [-0.15, -0.1) is 0 Å². The highest BCUT2D eigenvalue weighted by atomic mass is 19.4. The van der Waals surface area contributed by atoms with Crippen molar-refractivity contribution >= 4 is 0 Å². The van der Waals surface area contributed by atoms with Crippen LogP contribution in [0.25, 0.3) is 17.1 Å². The summed E-state index contributed by atoms with van der Waals surface area (Å²) in [6.45, 7) is 0. The number of pyridine rings is 1. The first kappa shape index (κ1) is 15.1. The Morgan fingerprint density at radius 3 is 2.39 bits per heavy atom. The highest BCUT2D eigenvalue weighted by molar-refractivity contribution is 5.60. The largest absolute Gasteiger partial charge is 0.435 e. The van der Waals surface area contributed by atoms with Crippen LogP contribution in [0.3, 0.4) is 0 Å². The van der Waals surface area contributed by atoms with E-state index < -0.39 is 23.5 Å². The molecule has 0 saturated heterocycles. The summed E-state index contributed by atoms with van der Waals surface area (Å²) >= 11 is 0. The molecule has 0 fully saturated rings. The first-order valence-corrected chi connectivity index (χ1v) is 6.40. The number of benzene rings is 1. The fourth-order valence-electron chi connectivity index (χ4n) is 2.00. The molecule has 8 heteroatoms.